The Balaban J connectivity index is 2.24. The first kappa shape index (κ1) is 14.5. The summed E-state index contributed by atoms with van der Waals surface area (Å²) in [6.07, 6.45) is 6.53. The summed E-state index contributed by atoms with van der Waals surface area (Å²) in [7, 11) is 1.77. The Morgan fingerprint density at radius 2 is 2.33 bits per heavy atom. The molecule has 0 aliphatic heterocycles. The monoisotopic (exact) mass is 252 g/mol. The van der Waals surface area contributed by atoms with E-state index in [-0.39, 0.29) is 0 Å². The van der Waals surface area contributed by atoms with E-state index >= 15 is 0 Å². The summed E-state index contributed by atoms with van der Waals surface area (Å²) >= 11 is 0. The number of hydrogen-bond acceptors (Lipinski definition) is 3. The Labute approximate surface area is 109 Å². The molecule has 0 saturated carbocycles. The van der Waals surface area contributed by atoms with Crippen LogP contribution in [0.15, 0.2) is 21.8 Å². The van der Waals surface area contributed by atoms with E-state index in [1.54, 1.807) is 13.3 Å². The molecular weight excluding hydrogens is 228 g/mol. The maximum atomic E-state index is 4.78. The van der Waals surface area contributed by atoms with Crippen LogP contribution in [0.5, 0.6) is 0 Å². The highest BCUT2D eigenvalue weighted by Gasteiger charge is 2.05. The van der Waals surface area contributed by atoms with E-state index in [0.29, 0.717) is 12.6 Å². The quantitative estimate of drug-likeness (QED) is 0.444. The van der Waals surface area contributed by atoms with Gasteiger partial charge in [0.05, 0.1) is 6.54 Å². The topological polar surface area (TPSA) is 62.5 Å². The standard InChI is InChI=1S/C13H24N4O/c1-4-5-6-7-11(2)16-13(14-3)15-10-12-8-9-18-17-12/h8-9,11H,4-7,10H2,1-3H3,(H2,14,15,16). The molecule has 1 unspecified atom stereocenters. The minimum absolute atomic E-state index is 0.431. The van der Waals surface area contributed by atoms with Gasteiger partial charge in [0.25, 0.3) is 0 Å². The average molecular weight is 252 g/mol. The Morgan fingerprint density at radius 1 is 1.50 bits per heavy atom. The molecule has 0 radical (unpaired) electrons. The van der Waals surface area contributed by atoms with Gasteiger partial charge in [-0.05, 0) is 13.3 Å². The van der Waals surface area contributed by atoms with Crippen molar-refractivity contribution in [1.29, 1.82) is 0 Å². The van der Waals surface area contributed by atoms with Crippen molar-refractivity contribution in [1.82, 2.24) is 15.8 Å². The van der Waals surface area contributed by atoms with Gasteiger partial charge >= 0.3 is 0 Å². The van der Waals surface area contributed by atoms with E-state index in [9.17, 15) is 0 Å². The van der Waals surface area contributed by atoms with Crippen LogP contribution in [0.25, 0.3) is 0 Å². The molecule has 5 nitrogen and oxygen atoms in total. The predicted molar refractivity (Wildman–Crippen MR) is 73.4 cm³/mol. The van der Waals surface area contributed by atoms with Gasteiger partial charge in [0.2, 0.25) is 0 Å². The van der Waals surface area contributed by atoms with Gasteiger partial charge in [-0.15, -0.1) is 0 Å². The van der Waals surface area contributed by atoms with Crippen LogP contribution in [-0.4, -0.2) is 24.2 Å². The molecule has 0 bridgehead atoms. The summed E-state index contributed by atoms with van der Waals surface area (Å²) in [5, 5.41) is 10.4. The van der Waals surface area contributed by atoms with Gasteiger partial charge in [-0.1, -0.05) is 31.3 Å². The second-order valence-corrected chi connectivity index (χ2v) is 4.46. The van der Waals surface area contributed by atoms with Crippen LogP contribution in [-0.2, 0) is 6.54 Å². The third-order valence-electron chi connectivity index (χ3n) is 2.78. The maximum absolute atomic E-state index is 4.78. The number of hydrogen-bond donors (Lipinski definition) is 2. The predicted octanol–water partition coefficient (Wildman–Crippen LogP) is 2.31. The van der Waals surface area contributed by atoms with Crippen LogP contribution < -0.4 is 10.6 Å². The van der Waals surface area contributed by atoms with Gasteiger partial charge in [-0.25, -0.2) is 0 Å². The molecule has 2 N–H and O–H groups in total. The zero-order valence-electron chi connectivity index (χ0n) is 11.6. The molecule has 18 heavy (non-hydrogen) atoms. The summed E-state index contributed by atoms with van der Waals surface area (Å²) in [5.41, 5.74) is 0.872. The lowest BCUT2D eigenvalue weighted by atomic mass is 10.1. The van der Waals surface area contributed by atoms with E-state index in [0.717, 1.165) is 11.7 Å². The fraction of sp³-hybridized carbons (Fsp3) is 0.692. The molecule has 0 amide bonds. The molecule has 1 aromatic heterocycles. The third kappa shape index (κ3) is 5.70. The molecule has 0 fully saturated rings. The van der Waals surface area contributed by atoms with Gasteiger partial charge in [0, 0.05) is 19.2 Å². The maximum Gasteiger partial charge on any atom is 0.191 e. The molecule has 0 saturated heterocycles. The van der Waals surface area contributed by atoms with Gasteiger partial charge in [0.15, 0.2) is 5.96 Å². The second kappa shape index (κ2) is 8.55. The Hall–Kier alpha value is -1.52. The highest BCUT2D eigenvalue weighted by Crippen LogP contribution is 2.02. The summed E-state index contributed by atoms with van der Waals surface area (Å²) in [4.78, 5) is 4.19. The van der Waals surface area contributed by atoms with Crippen LogP contribution in [0.4, 0.5) is 0 Å². The Morgan fingerprint density at radius 3 is 2.94 bits per heavy atom. The van der Waals surface area contributed by atoms with Crippen molar-refractivity contribution in [2.24, 2.45) is 4.99 Å². The van der Waals surface area contributed by atoms with Crippen LogP contribution in [0.1, 0.15) is 45.2 Å². The van der Waals surface area contributed by atoms with E-state index in [1.165, 1.54) is 25.7 Å². The van der Waals surface area contributed by atoms with Crippen molar-refractivity contribution in [3.8, 4) is 0 Å². The molecule has 1 aromatic rings. The number of aliphatic imine (C=N–C) groups is 1. The molecule has 0 aliphatic rings. The van der Waals surface area contributed by atoms with Crippen LogP contribution in [0, 0.1) is 0 Å². The number of guanidine groups is 1. The SMILES string of the molecule is CCCCCC(C)NC(=NC)NCc1ccon1. The summed E-state index contributed by atoms with van der Waals surface area (Å²) in [6, 6.07) is 2.27. The van der Waals surface area contributed by atoms with E-state index < -0.39 is 0 Å². The Kier molecular flexibility index (Phi) is 6.91. The lowest BCUT2D eigenvalue weighted by Gasteiger charge is -2.17. The first-order chi connectivity index (χ1) is 8.76. The van der Waals surface area contributed by atoms with Crippen LogP contribution >= 0.6 is 0 Å². The van der Waals surface area contributed by atoms with Crippen molar-refractivity contribution in [3.05, 3.63) is 18.0 Å². The van der Waals surface area contributed by atoms with Gasteiger partial charge in [-0.2, -0.15) is 0 Å². The minimum atomic E-state index is 0.431. The molecule has 1 heterocycles. The van der Waals surface area contributed by atoms with Gasteiger partial charge < -0.3 is 15.2 Å². The fourth-order valence-electron chi connectivity index (χ4n) is 1.70. The van der Waals surface area contributed by atoms with Gasteiger partial charge in [0.1, 0.15) is 12.0 Å². The summed E-state index contributed by atoms with van der Waals surface area (Å²) in [5.74, 6) is 0.807. The molecular formula is C13H24N4O. The molecule has 0 aliphatic carbocycles. The summed E-state index contributed by atoms with van der Waals surface area (Å²) < 4.78 is 4.78. The van der Waals surface area contributed by atoms with Crippen molar-refractivity contribution < 1.29 is 4.52 Å². The number of nitrogens with one attached hydrogen (secondary N) is 2. The number of nitrogens with zero attached hydrogens (tertiary/aromatic N) is 2. The minimum Gasteiger partial charge on any atom is -0.364 e. The van der Waals surface area contributed by atoms with E-state index in [1.807, 2.05) is 6.07 Å². The molecule has 0 spiro atoms. The van der Waals surface area contributed by atoms with Crippen molar-refractivity contribution in [2.45, 2.75) is 52.1 Å². The van der Waals surface area contributed by atoms with Crippen molar-refractivity contribution in [3.63, 3.8) is 0 Å². The summed E-state index contributed by atoms with van der Waals surface area (Å²) in [6.45, 7) is 5.02. The zero-order chi connectivity index (χ0) is 13.2. The van der Waals surface area contributed by atoms with Gasteiger partial charge in [-0.3, -0.25) is 4.99 Å². The first-order valence-electron chi connectivity index (χ1n) is 6.62. The van der Waals surface area contributed by atoms with E-state index in [4.69, 9.17) is 4.52 Å². The first-order valence-corrected chi connectivity index (χ1v) is 6.62. The van der Waals surface area contributed by atoms with Crippen LogP contribution in [0.2, 0.25) is 0 Å². The molecule has 0 aromatic carbocycles. The lowest BCUT2D eigenvalue weighted by molar-refractivity contribution is 0.410. The molecule has 1 rings (SSSR count). The number of unbranched alkanes of at least 4 members (excludes halogenated alkanes) is 2. The highest BCUT2D eigenvalue weighted by atomic mass is 16.5. The smallest absolute Gasteiger partial charge is 0.191 e. The molecule has 102 valence electrons. The Bertz CT molecular complexity index is 335. The van der Waals surface area contributed by atoms with Crippen molar-refractivity contribution >= 4 is 5.96 Å². The lowest BCUT2D eigenvalue weighted by Crippen LogP contribution is -2.41. The third-order valence-corrected chi connectivity index (χ3v) is 2.78. The molecule has 1 atom stereocenters. The zero-order valence-corrected chi connectivity index (χ0v) is 11.6. The number of rotatable bonds is 7. The fourth-order valence-corrected chi connectivity index (χ4v) is 1.70. The molecule has 5 heteroatoms. The highest BCUT2D eigenvalue weighted by molar-refractivity contribution is 5.79. The van der Waals surface area contributed by atoms with E-state index in [2.05, 4.69) is 34.6 Å². The normalized spacial score (nSPS) is 13.4. The average Bonchev–Trinajstić information content (AvgIpc) is 2.88. The van der Waals surface area contributed by atoms with Crippen LogP contribution in [0.3, 0.4) is 0 Å². The second-order valence-electron chi connectivity index (χ2n) is 4.46. The van der Waals surface area contributed by atoms with Crippen molar-refractivity contribution in [2.75, 3.05) is 7.05 Å². The number of aromatic nitrogens is 1. The largest absolute Gasteiger partial charge is 0.364 e.